The second kappa shape index (κ2) is 69.9. The van der Waals surface area contributed by atoms with Gasteiger partial charge in [0, 0.05) is 63.1 Å². The number of pyridine rings is 1. The van der Waals surface area contributed by atoms with Gasteiger partial charge in [-0.1, -0.05) is 461 Å². The quantitative estimate of drug-likeness (QED) is 0.0319. The lowest BCUT2D eigenvalue weighted by molar-refractivity contribution is 0.373. The van der Waals surface area contributed by atoms with E-state index in [4.69, 9.17) is 4.98 Å². The first-order valence-corrected chi connectivity index (χ1v) is 52.8. The summed E-state index contributed by atoms with van der Waals surface area (Å²) in [4.78, 5) is 58.1. The first-order valence-electron chi connectivity index (χ1n) is 52.8. The SMILES string of the molecule is CC.CC.CC.CC.CC.CC.CC.CC.CC.CC.c1ccc(C2Nc3ncnc(NCC4CCCCC4)c3NC2c2ccccc2)cc1.c1ccc(CNc2nccc3ncc(-c4ccccc4)nc23)cc1.c1ccc(CNc2ncnc3c2NC(c2ccccc2)CN3)cc1.c1ccc(CNc2ncnc3c2NCC(c2ccccc2)N3)cc1.c1ccc(CNc2ncnc3nc(-c4ccccc4)cnc23)cc1. The van der Waals surface area contributed by atoms with Crippen LogP contribution in [0.1, 0.15) is 239 Å². The lowest BCUT2D eigenvalue weighted by atomic mass is 9.89. The molecule has 4 unspecified atom stereocenters. The smallest absolute Gasteiger partial charge is 0.184 e. The lowest BCUT2D eigenvalue weighted by Gasteiger charge is -2.37. The molecule has 10 aromatic carbocycles. The minimum atomic E-state index is 0.0854. The zero-order valence-electron chi connectivity index (χ0n) is 89.7. The van der Waals surface area contributed by atoms with Gasteiger partial charge in [0.05, 0.1) is 53.5 Å². The maximum Gasteiger partial charge on any atom is 0.184 e. The van der Waals surface area contributed by atoms with Crippen molar-refractivity contribution in [2.45, 2.75) is 221 Å². The molecule has 21 rings (SSSR count). The first-order chi connectivity index (χ1) is 72.5. The molecule has 7 aromatic heterocycles. The van der Waals surface area contributed by atoms with Crippen LogP contribution in [0.2, 0.25) is 0 Å². The summed E-state index contributed by atoms with van der Waals surface area (Å²) in [5.41, 5.74) is 19.2. The largest absolute Gasteiger partial charge is 0.377 e. The Hall–Kier alpha value is -15.9. The van der Waals surface area contributed by atoms with Crippen LogP contribution in [0, 0.1) is 5.92 Å². The van der Waals surface area contributed by atoms with Gasteiger partial charge in [-0.2, -0.15) is 0 Å². The van der Waals surface area contributed by atoms with Gasteiger partial charge >= 0.3 is 0 Å². The molecule has 24 nitrogen and oxygen atoms in total. The summed E-state index contributed by atoms with van der Waals surface area (Å²) in [6.07, 6.45) is 18.4. The molecule has 0 spiro atoms. The Morgan fingerprint density at radius 3 is 1.05 bits per heavy atom. The molecule has 1 aliphatic carbocycles. The predicted octanol–water partition coefficient (Wildman–Crippen LogP) is 31.4. The van der Waals surface area contributed by atoms with E-state index in [1.807, 2.05) is 290 Å². The average Bonchev–Trinajstić information content (AvgIpc) is 0.764. The van der Waals surface area contributed by atoms with E-state index in [0.29, 0.717) is 30.1 Å². The monoisotopic (exact) mass is 1960 g/mol. The second-order valence-corrected chi connectivity index (χ2v) is 30.8. The van der Waals surface area contributed by atoms with Gasteiger partial charge < -0.3 is 58.5 Å². The Bertz CT molecular complexity index is 6240. The van der Waals surface area contributed by atoms with Crippen LogP contribution in [0.5, 0.6) is 0 Å². The second-order valence-electron chi connectivity index (χ2n) is 30.8. The molecule has 1 fully saturated rings. The minimum Gasteiger partial charge on any atom is -0.377 e. The van der Waals surface area contributed by atoms with E-state index in [1.54, 1.807) is 37.6 Å². The third-order valence-electron chi connectivity index (χ3n) is 22.2. The normalized spacial score (nSPS) is 13.5. The van der Waals surface area contributed by atoms with Crippen LogP contribution in [-0.4, -0.2) is 84.4 Å². The van der Waals surface area contributed by atoms with Crippen molar-refractivity contribution in [2.75, 3.05) is 78.1 Å². The maximum atomic E-state index is 4.77. The Morgan fingerprint density at radius 2 is 0.596 bits per heavy atom. The molecule has 10 heterocycles. The van der Waals surface area contributed by atoms with E-state index in [1.165, 1.54) is 82.9 Å². The van der Waals surface area contributed by atoms with Crippen molar-refractivity contribution < 1.29 is 0 Å². The van der Waals surface area contributed by atoms with Gasteiger partial charge in [0.25, 0.3) is 0 Å². The van der Waals surface area contributed by atoms with E-state index < -0.39 is 0 Å². The van der Waals surface area contributed by atoms with Crippen molar-refractivity contribution in [1.29, 1.82) is 0 Å². The van der Waals surface area contributed by atoms with Crippen LogP contribution in [0.4, 0.5) is 63.6 Å². The Balaban J connectivity index is 0.000000237. The van der Waals surface area contributed by atoms with Crippen LogP contribution in [0.3, 0.4) is 0 Å². The number of hydrogen-bond acceptors (Lipinski definition) is 24. The van der Waals surface area contributed by atoms with Gasteiger partial charge in [-0.3, -0.25) is 4.98 Å². The molecule has 0 amide bonds. The molecule has 3 aliphatic heterocycles. The van der Waals surface area contributed by atoms with Crippen molar-refractivity contribution >= 4 is 85.8 Å². The highest BCUT2D eigenvalue weighted by molar-refractivity contribution is 5.87. The van der Waals surface area contributed by atoms with Gasteiger partial charge in [-0.25, -0.2) is 59.8 Å². The Labute approximate surface area is 870 Å². The molecule has 766 valence electrons. The Morgan fingerprint density at radius 1 is 0.260 bits per heavy atom. The van der Waals surface area contributed by atoms with Gasteiger partial charge in [0.15, 0.2) is 52.2 Å². The van der Waals surface area contributed by atoms with E-state index in [-0.39, 0.29) is 24.2 Å². The molecular weight excluding hydrogens is 1800 g/mol. The summed E-state index contributed by atoms with van der Waals surface area (Å²) >= 11 is 0. The van der Waals surface area contributed by atoms with Gasteiger partial charge in [-0.15, -0.1) is 0 Å². The van der Waals surface area contributed by atoms with Gasteiger partial charge in [0.1, 0.15) is 53.4 Å². The van der Waals surface area contributed by atoms with Crippen LogP contribution in [-0.2, 0) is 26.2 Å². The van der Waals surface area contributed by atoms with Gasteiger partial charge in [0.2, 0.25) is 0 Å². The third-order valence-corrected chi connectivity index (χ3v) is 22.2. The van der Waals surface area contributed by atoms with E-state index >= 15 is 0 Å². The fourth-order valence-electron chi connectivity index (χ4n) is 15.6. The molecule has 4 atom stereocenters. The van der Waals surface area contributed by atoms with E-state index in [2.05, 4.69) is 276 Å². The van der Waals surface area contributed by atoms with Crippen LogP contribution < -0.4 is 58.5 Å². The van der Waals surface area contributed by atoms with E-state index in [0.717, 1.165) is 130 Å². The van der Waals surface area contributed by atoms with Crippen molar-refractivity contribution in [3.05, 3.63) is 398 Å². The summed E-state index contributed by atoms with van der Waals surface area (Å²) in [5, 5.41) is 38.5. The van der Waals surface area contributed by atoms with Crippen molar-refractivity contribution in [2.24, 2.45) is 5.92 Å². The van der Waals surface area contributed by atoms with Crippen LogP contribution >= 0.6 is 0 Å². The van der Waals surface area contributed by atoms with E-state index in [9.17, 15) is 0 Å². The number of rotatable bonds is 21. The highest BCUT2D eigenvalue weighted by Crippen LogP contribution is 2.45. The molecule has 1 saturated carbocycles. The summed E-state index contributed by atoms with van der Waals surface area (Å²) in [5.74, 6) is 7.25. The molecule has 24 heteroatoms. The Kier molecular flexibility index (Phi) is 56.1. The fourth-order valence-corrected chi connectivity index (χ4v) is 15.6. The topological polar surface area (TPSA) is 300 Å². The number of fused-ring (bicyclic) bond motifs is 5. The lowest BCUT2D eigenvalue weighted by Crippen LogP contribution is -2.31. The molecular formula is C122H158N24. The summed E-state index contributed by atoms with van der Waals surface area (Å²) in [6.45, 7) is 45.4. The third kappa shape index (κ3) is 36.2. The number of aromatic nitrogens is 13. The van der Waals surface area contributed by atoms with Crippen molar-refractivity contribution in [3.63, 3.8) is 0 Å². The van der Waals surface area contributed by atoms with Gasteiger partial charge in [-0.05, 0) is 69.3 Å². The molecule has 11 N–H and O–H groups in total. The number of hydrogen-bond donors (Lipinski definition) is 11. The van der Waals surface area contributed by atoms with Crippen LogP contribution in [0.15, 0.2) is 353 Å². The summed E-state index contributed by atoms with van der Waals surface area (Å²) < 4.78 is 0. The van der Waals surface area contributed by atoms with Crippen molar-refractivity contribution in [3.8, 4) is 22.5 Å². The van der Waals surface area contributed by atoms with Crippen LogP contribution in [0.25, 0.3) is 44.7 Å². The first kappa shape index (κ1) is 117. The highest BCUT2D eigenvalue weighted by Gasteiger charge is 2.33. The molecule has 0 radical (unpaired) electrons. The highest BCUT2D eigenvalue weighted by atomic mass is 15.2. The predicted molar refractivity (Wildman–Crippen MR) is 621 cm³/mol. The number of anilines is 11. The number of nitrogens with one attached hydrogen (secondary N) is 11. The average molecular weight is 1960 g/mol. The zero-order chi connectivity index (χ0) is 105. The molecule has 0 saturated heterocycles. The number of nitrogens with zero attached hydrogens (tertiary/aromatic N) is 13. The minimum absolute atomic E-state index is 0.0854. The maximum absolute atomic E-state index is 4.77. The summed E-state index contributed by atoms with van der Waals surface area (Å²) in [7, 11) is 0. The van der Waals surface area contributed by atoms with Crippen molar-refractivity contribution in [1.82, 2.24) is 64.8 Å². The molecule has 17 aromatic rings. The molecule has 4 aliphatic rings. The zero-order valence-corrected chi connectivity index (χ0v) is 89.7. The molecule has 146 heavy (non-hydrogen) atoms. The number of benzene rings is 10. The standard InChI is InChI=1S/C25H29N5.C20H16N4.C19H19N5.C19H15N5.C19H19N5.10C2H6/c1-4-10-18(11-5-1)16-26-24-23-25(28-17-27-24)30-22(20-14-8-3-9-15-20)21(29-23)19-12-6-2-7-13-19;1-3-7-15(8-4-1)13-23-20-19-17(11-12-21-20)22-14-18(24-19)16-9-5-2-6-10-16;2*1-3-7-14(8-4-1)11-21-18-17-19(23-13-22-18)24-16(12-20-17)15-9-5-2-6-10-15;1-3-7-14(8-4-1)11-20-18-17-19(23-13-22-18)21-12-16(24-17)15-9-5-2-6-10-15;10*1-2/h2-3,6-9,12-15,17-18,21-22,29H,1,4-5,10-11,16H2,(H2,26,27,28,30);1-12,14H,13H2,(H,21,23);1-10,13,16,20H,11-12H2,(H2,21,22,23,24);1-10,12-13H,11H2,(H,21,22,23,24);1-10,13,16,24H,11-12H2,(H2,20,21,22,23);10*1-2H3. The fraction of sp³-hybridized carbons (Fsp3) is 0.303. The summed E-state index contributed by atoms with van der Waals surface area (Å²) in [6, 6.07) is 105. The molecule has 0 bridgehead atoms.